The van der Waals surface area contributed by atoms with E-state index in [1.807, 2.05) is 6.92 Å². The lowest BCUT2D eigenvalue weighted by Crippen LogP contribution is -2.26. The minimum Gasteiger partial charge on any atom is -0.397 e. The summed E-state index contributed by atoms with van der Waals surface area (Å²) < 4.78 is 22.4. The lowest BCUT2D eigenvalue weighted by molar-refractivity contribution is 0.0956. The number of carbonyl (C=O) groups is 1. The van der Waals surface area contributed by atoms with E-state index in [4.69, 9.17) is 5.73 Å². The van der Waals surface area contributed by atoms with Crippen molar-refractivity contribution in [3.63, 3.8) is 0 Å². The zero-order chi connectivity index (χ0) is 15.3. The van der Waals surface area contributed by atoms with Crippen LogP contribution in [-0.4, -0.2) is 38.9 Å². The zero-order valence-corrected chi connectivity index (χ0v) is 12.8. The summed E-state index contributed by atoms with van der Waals surface area (Å²) in [5, 5.41) is 5.72. The van der Waals surface area contributed by atoms with E-state index >= 15 is 0 Å². The van der Waals surface area contributed by atoms with Crippen LogP contribution in [0.2, 0.25) is 0 Å². The number of nitrogen functional groups attached to an aromatic ring is 1. The minimum atomic E-state index is -3.05. The number of carbonyl (C=O) groups excluding carboxylic acids is 1. The number of hydrogen-bond acceptors (Lipinski definition) is 5. The van der Waals surface area contributed by atoms with E-state index in [9.17, 15) is 13.2 Å². The second-order valence-corrected chi connectivity index (χ2v) is 6.98. The van der Waals surface area contributed by atoms with Gasteiger partial charge in [-0.15, -0.1) is 0 Å². The van der Waals surface area contributed by atoms with Gasteiger partial charge in [-0.25, -0.2) is 8.42 Å². The van der Waals surface area contributed by atoms with Crippen LogP contribution in [0.1, 0.15) is 24.2 Å². The van der Waals surface area contributed by atoms with Crippen molar-refractivity contribution in [2.24, 2.45) is 0 Å². The fourth-order valence-electron chi connectivity index (χ4n) is 1.86. The molecule has 1 atom stereocenters. The van der Waals surface area contributed by atoms with Crippen molar-refractivity contribution >= 4 is 27.1 Å². The van der Waals surface area contributed by atoms with Gasteiger partial charge in [-0.1, -0.05) is 0 Å². The number of hydrogen-bond donors (Lipinski definition) is 3. The van der Waals surface area contributed by atoms with E-state index in [-0.39, 0.29) is 17.7 Å². The number of nitrogens with two attached hydrogens (primary N) is 1. The fraction of sp³-hybridized carbons (Fsp3) is 0.462. The van der Waals surface area contributed by atoms with Crippen molar-refractivity contribution in [3.8, 4) is 0 Å². The highest BCUT2D eigenvalue weighted by molar-refractivity contribution is 7.90. The van der Waals surface area contributed by atoms with Gasteiger partial charge >= 0.3 is 0 Å². The largest absolute Gasteiger partial charge is 0.397 e. The predicted octanol–water partition coefficient (Wildman–Crippen LogP) is 0.863. The van der Waals surface area contributed by atoms with Crippen LogP contribution in [0.5, 0.6) is 0 Å². The average Bonchev–Trinajstić information content (AvgIpc) is 2.29. The van der Waals surface area contributed by atoms with Gasteiger partial charge in [-0.05, 0) is 32.0 Å². The van der Waals surface area contributed by atoms with Gasteiger partial charge in [0.2, 0.25) is 0 Å². The molecule has 7 heteroatoms. The molecule has 0 saturated heterocycles. The van der Waals surface area contributed by atoms with Gasteiger partial charge in [0.1, 0.15) is 9.84 Å². The van der Waals surface area contributed by atoms with E-state index in [2.05, 4.69) is 10.6 Å². The Balaban J connectivity index is 2.81. The second-order valence-electron chi connectivity index (χ2n) is 4.80. The Kier molecular flexibility index (Phi) is 5.38. The third kappa shape index (κ3) is 5.08. The zero-order valence-electron chi connectivity index (χ0n) is 11.9. The van der Waals surface area contributed by atoms with Crippen LogP contribution < -0.4 is 16.4 Å². The van der Waals surface area contributed by atoms with Crippen LogP contribution in [0, 0.1) is 0 Å². The third-order valence-electron chi connectivity index (χ3n) is 2.61. The Morgan fingerprint density at radius 3 is 2.55 bits per heavy atom. The van der Waals surface area contributed by atoms with E-state index in [1.54, 1.807) is 25.1 Å². The van der Waals surface area contributed by atoms with E-state index in [1.165, 1.54) is 6.26 Å². The average molecular weight is 299 g/mol. The Bertz CT molecular complexity index is 585. The molecule has 0 saturated carbocycles. The smallest absolute Gasteiger partial charge is 0.251 e. The SMILES string of the molecule is CCNC(=O)c1ccc(NC(C)CS(C)(=O)=O)c(N)c1. The molecule has 1 unspecified atom stereocenters. The number of sulfone groups is 1. The normalized spacial score (nSPS) is 12.8. The molecular formula is C13H21N3O3S. The standard InChI is InChI=1S/C13H21N3O3S/c1-4-15-13(17)10-5-6-12(11(14)7-10)16-9(2)8-20(3,18)19/h5-7,9,16H,4,8,14H2,1-3H3,(H,15,17). The predicted molar refractivity (Wildman–Crippen MR) is 81.7 cm³/mol. The van der Waals surface area contributed by atoms with Crippen molar-refractivity contribution < 1.29 is 13.2 Å². The summed E-state index contributed by atoms with van der Waals surface area (Å²) in [5.41, 5.74) is 7.38. The Morgan fingerprint density at radius 1 is 1.40 bits per heavy atom. The topological polar surface area (TPSA) is 101 Å². The molecule has 4 N–H and O–H groups in total. The maximum Gasteiger partial charge on any atom is 0.251 e. The van der Waals surface area contributed by atoms with Crippen LogP contribution >= 0.6 is 0 Å². The quantitative estimate of drug-likeness (QED) is 0.676. The Hall–Kier alpha value is -1.76. The molecule has 1 aromatic carbocycles. The molecule has 0 aromatic heterocycles. The van der Waals surface area contributed by atoms with Gasteiger partial charge in [0.05, 0.1) is 17.1 Å². The molecule has 1 amide bonds. The summed E-state index contributed by atoms with van der Waals surface area (Å²) in [6, 6.07) is 4.64. The summed E-state index contributed by atoms with van der Waals surface area (Å²) >= 11 is 0. The van der Waals surface area contributed by atoms with Crippen LogP contribution in [0.25, 0.3) is 0 Å². The fourth-order valence-corrected chi connectivity index (χ4v) is 2.85. The first-order valence-corrected chi connectivity index (χ1v) is 8.41. The highest BCUT2D eigenvalue weighted by atomic mass is 32.2. The molecule has 6 nitrogen and oxygen atoms in total. The first-order chi connectivity index (χ1) is 9.23. The van der Waals surface area contributed by atoms with Gasteiger partial charge in [-0.2, -0.15) is 0 Å². The number of amides is 1. The van der Waals surface area contributed by atoms with Crippen molar-refractivity contribution in [2.75, 3.05) is 29.6 Å². The van der Waals surface area contributed by atoms with Gasteiger partial charge in [0.25, 0.3) is 5.91 Å². The maximum atomic E-state index is 11.7. The van der Waals surface area contributed by atoms with Gasteiger partial charge in [0, 0.05) is 24.4 Å². The van der Waals surface area contributed by atoms with E-state index < -0.39 is 9.84 Å². The van der Waals surface area contributed by atoms with E-state index in [0.717, 1.165) is 0 Å². The lowest BCUT2D eigenvalue weighted by Gasteiger charge is -2.16. The molecule has 1 rings (SSSR count). The van der Waals surface area contributed by atoms with Gasteiger partial charge in [-0.3, -0.25) is 4.79 Å². The number of benzene rings is 1. The molecule has 20 heavy (non-hydrogen) atoms. The van der Waals surface area contributed by atoms with Crippen molar-refractivity contribution in [1.29, 1.82) is 0 Å². The van der Waals surface area contributed by atoms with Crippen LogP contribution in [0.3, 0.4) is 0 Å². The summed E-state index contributed by atoms with van der Waals surface area (Å²) in [4.78, 5) is 11.7. The van der Waals surface area contributed by atoms with E-state index in [0.29, 0.717) is 23.5 Å². The summed E-state index contributed by atoms with van der Waals surface area (Å²) in [6.45, 7) is 4.15. The van der Waals surface area contributed by atoms with Crippen LogP contribution in [0.4, 0.5) is 11.4 Å². The first kappa shape index (κ1) is 16.3. The Morgan fingerprint density at radius 2 is 2.05 bits per heavy atom. The molecule has 0 radical (unpaired) electrons. The number of rotatable bonds is 6. The number of anilines is 2. The molecule has 0 aliphatic heterocycles. The maximum absolute atomic E-state index is 11.7. The van der Waals surface area contributed by atoms with Crippen molar-refractivity contribution in [1.82, 2.24) is 5.32 Å². The molecule has 112 valence electrons. The van der Waals surface area contributed by atoms with Crippen LogP contribution in [0.15, 0.2) is 18.2 Å². The molecule has 0 aliphatic rings. The molecule has 0 heterocycles. The molecule has 0 bridgehead atoms. The van der Waals surface area contributed by atoms with Crippen LogP contribution in [-0.2, 0) is 9.84 Å². The van der Waals surface area contributed by atoms with Crippen molar-refractivity contribution in [3.05, 3.63) is 23.8 Å². The minimum absolute atomic E-state index is 0.0184. The first-order valence-electron chi connectivity index (χ1n) is 6.35. The molecular weight excluding hydrogens is 278 g/mol. The van der Waals surface area contributed by atoms with Gasteiger partial charge < -0.3 is 16.4 Å². The summed E-state index contributed by atoms with van der Waals surface area (Å²) in [7, 11) is -3.05. The summed E-state index contributed by atoms with van der Waals surface area (Å²) in [5.74, 6) is -0.167. The third-order valence-corrected chi connectivity index (χ3v) is 3.71. The lowest BCUT2D eigenvalue weighted by atomic mass is 10.1. The Labute approximate surface area is 119 Å². The molecule has 0 spiro atoms. The molecule has 0 fully saturated rings. The highest BCUT2D eigenvalue weighted by Gasteiger charge is 2.12. The van der Waals surface area contributed by atoms with Gasteiger partial charge in [0.15, 0.2) is 0 Å². The highest BCUT2D eigenvalue weighted by Crippen LogP contribution is 2.21. The molecule has 1 aromatic rings. The van der Waals surface area contributed by atoms with Crippen molar-refractivity contribution in [2.45, 2.75) is 19.9 Å². The monoisotopic (exact) mass is 299 g/mol. The summed E-state index contributed by atoms with van der Waals surface area (Å²) in [6.07, 6.45) is 1.19. The molecule has 0 aliphatic carbocycles. The second kappa shape index (κ2) is 6.60. The number of nitrogens with one attached hydrogen (secondary N) is 2.